The van der Waals surface area contributed by atoms with Gasteiger partial charge in [0.15, 0.2) is 0 Å². The second-order valence-electron chi connectivity index (χ2n) is 6.48. The second-order valence-corrected chi connectivity index (χ2v) is 7.40. The van der Waals surface area contributed by atoms with Gasteiger partial charge < -0.3 is 28.6 Å². The lowest BCUT2D eigenvalue weighted by molar-refractivity contribution is -0.0415. The van der Waals surface area contributed by atoms with Crippen LogP contribution in [-0.4, -0.2) is 78.0 Å². The van der Waals surface area contributed by atoms with Gasteiger partial charge >= 0.3 is 18.0 Å². The van der Waals surface area contributed by atoms with Crippen LogP contribution in [-0.2, 0) is 4.74 Å². The minimum absolute atomic E-state index is 0.0297. The molecule has 1 fully saturated rings. The number of carbonyl (C=O) groups excluding carboxylic acids is 1. The molecule has 11 heteroatoms. The lowest BCUT2D eigenvalue weighted by Crippen LogP contribution is -2.47. The molecule has 1 amide bonds. The van der Waals surface area contributed by atoms with Gasteiger partial charge in [0.25, 0.3) is 5.91 Å². The van der Waals surface area contributed by atoms with E-state index in [9.17, 15) is 4.79 Å². The maximum absolute atomic E-state index is 12.9. The highest BCUT2D eigenvalue weighted by Gasteiger charge is 2.28. The Morgan fingerprint density at radius 1 is 1.16 bits per heavy atom. The first kappa shape index (κ1) is 23.5. The van der Waals surface area contributed by atoms with Gasteiger partial charge in [0, 0.05) is 6.54 Å². The van der Waals surface area contributed by atoms with E-state index in [-0.39, 0.29) is 49.9 Å². The number of aromatic nitrogens is 3. The summed E-state index contributed by atoms with van der Waals surface area (Å²) in [7, 11) is 0. The fourth-order valence-electron chi connectivity index (χ4n) is 2.82. The molecule has 3 rings (SSSR count). The van der Waals surface area contributed by atoms with Gasteiger partial charge in [-0.3, -0.25) is 4.79 Å². The van der Waals surface area contributed by atoms with Gasteiger partial charge in [-0.25, -0.2) is 0 Å². The number of nitrogens with zero attached hydrogens (tertiary/aromatic N) is 4. The Morgan fingerprint density at radius 3 is 2.44 bits per heavy atom. The van der Waals surface area contributed by atoms with E-state index < -0.39 is 0 Å². The second kappa shape index (κ2) is 12.0. The molecule has 1 atom stereocenters. The summed E-state index contributed by atoms with van der Waals surface area (Å²) in [4.78, 5) is 27.6. The van der Waals surface area contributed by atoms with Crippen molar-refractivity contribution >= 4 is 17.2 Å². The zero-order chi connectivity index (χ0) is 22.8. The summed E-state index contributed by atoms with van der Waals surface area (Å²) in [6.45, 7) is 11.4. The number of amides is 1. The number of ether oxygens (including phenoxy) is 5. The average Bonchev–Trinajstić information content (AvgIpc) is 3.28. The van der Waals surface area contributed by atoms with Crippen LogP contribution in [0.15, 0.2) is 36.8 Å². The third kappa shape index (κ3) is 6.41. The van der Waals surface area contributed by atoms with E-state index in [0.717, 1.165) is 0 Å². The number of morpholine rings is 1. The molecule has 2 aromatic heterocycles. The van der Waals surface area contributed by atoms with Gasteiger partial charge in [0.1, 0.15) is 36.6 Å². The molecule has 32 heavy (non-hydrogen) atoms. The van der Waals surface area contributed by atoms with Crippen LogP contribution in [0.1, 0.15) is 16.6 Å². The van der Waals surface area contributed by atoms with Crippen LogP contribution in [0.3, 0.4) is 0 Å². The third-order valence-electron chi connectivity index (χ3n) is 4.18. The van der Waals surface area contributed by atoms with Crippen LogP contribution in [0.4, 0.5) is 0 Å². The molecule has 0 N–H and O–H groups in total. The molecular weight excluding hydrogens is 436 g/mol. The molecule has 3 heterocycles. The zero-order valence-electron chi connectivity index (χ0n) is 17.9. The molecule has 1 aliphatic rings. The topological polar surface area (TPSA) is 105 Å². The van der Waals surface area contributed by atoms with E-state index in [1.807, 2.05) is 12.3 Å². The Balaban J connectivity index is 1.62. The highest BCUT2D eigenvalue weighted by atomic mass is 32.1. The number of thiophene rings is 1. The molecule has 0 aliphatic carbocycles. The molecule has 172 valence electrons. The Hall–Kier alpha value is -3.18. The molecule has 2 aromatic rings. The minimum atomic E-state index is -0.352. The van der Waals surface area contributed by atoms with Crippen LogP contribution >= 0.6 is 11.3 Å². The number of hydrogen-bond donors (Lipinski definition) is 0. The molecule has 0 spiro atoms. The maximum atomic E-state index is 12.9. The normalized spacial score (nSPS) is 15.7. The largest absolute Gasteiger partial charge is 0.492 e. The first-order valence-corrected chi connectivity index (χ1v) is 11.0. The van der Waals surface area contributed by atoms with Crippen molar-refractivity contribution in [3.63, 3.8) is 0 Å². The van der Waals surface area contributed by atoms with Crippen molar-refractivity contribution in [2.75, 3.05) is 46.1 Å². The molecule has 1 saturated heterocycles. The molecule has 1 unspecified atom stereocenters. The van der Waals surface area contributed by atoms with Crippen LogP contribution < -0.4 is 18.9 Å². The summed E-state index contributed by atoms with van der Waals surface area (Å²) in [5, 5.41) is 1.85. The van der Waals surface area contributed by atoms with Gasteiger partial charge in [-0.15, -0.1) is 26.3 Å². The van der Waals surface area contributed by atoms with Crippen molar-refractivity contribution in [1.29, 1.82) is 0 Å². The molecule has 1 aliphatic heterocycles. The third-order valence-corrected chi connectivity index (χ3v) is 5.07. The molecule has 0 radical (unpaired) electrons. The van der Waals surface area contributed by atoms with E-state index in [1.165, 1.54) is 11.3 Å². The van der Waals surface area contributed by atoms with Gasteiger partial charge in [0.2, 0.25) is 0 Å². The summed E-state index contributed by atoms with van der Waals surface area (Å²) in [5.41, 5.74) is 0. The monoisotopic (exact) mass is 462 g/mol. The summed E-state index contributed by atoms with van der Waals surface area (Å²) >= 11 is 1.36. The Bertz CT molecular complexity index is 891. The lowest BCUT2D eigenvalue weighted by atomic mass is 10.2. The molecular formula is C21H26N4O6S. The van der Waals surface area contributed by atoms with Gasteiger partial charge in [0.05, 0.1) is 19.8 Å². The fraction of sp³-hybridized carbons (Fsp3) is 0.429. The molecule has 0 saturated carbocycles. The summed E-state index contributed by atoms with van der Waals surface area (Å²) in [6.07, 6.45) is 2.79. The predicted molar refractivity (Wildman–Crippen MR) is 118 cm³/mol. The summed E-state index contributed by atoms with van der Waals surface area (Å²) in [6, 6.07) is 1.94. The Labute approximate surface area is 190 Å². The summed E-state index contributed by atoms with van der Waals surface area (Å²) in [5.74, 6) is 0.517. The highest BCUT2D eigenvalue weighted by molar-refractivity contribution is 7.12. The standard InChI is InChI=1S/C21H26N4O6S/c1-4-9-29-19-22-20(30-10-5-2)24-21(23-19)31-14-15-13-25(8-11-28-15)18(26)17-16(27-6-3)7-12-32-17/h4-5,7,12,15H,1-2,6,8-11,13-14H2,3H3. The van der Waals surface area contributed by atoms with E-state index in [4.69, 9.17) is 23.7 Å². The van der Waals surface area contributed by atoms with Crippen molar-refractivity contribution < 1.29 is 28.5 Å². The quantitative estimate of drug-likeness (QED) is 0.440. The van der Waals surface area contributed by atoms with Crippen LogP contribution in [0, 0.1) is 0 Å². The molecule has 10 nitrogen and oxygen atoms in total. The molecule has 0 aromatic carbocycles. The van der Waals surface area contributed by atoms with Gasteiger partial charge in [-0.2, -0.15) is 0 Å². The maximum Gasteiger partial charge on any atom is 0.326 e. The molecule has 0 bridgehead atoms. The van der Waals surface area contributed by atoms with E-state index >= 15 is 0 Å². The van der Waals surface area contributed by atoms with Crippen molar-refractivity contribution in [3.05, 3.63) is 41.6 Å². The SMILES string of the molecule is C=CCOc1nc(OCC=C)nc(OCC2CN(C(=O)c3sccc3OCC)CCO2)n1. The van der Waals surface area contributed by atoms with Crippen LogP contribution in [0.25, 0.3) is 0 Å². The first-order valence-electron chi connectivity index (χ1n) is 10.1. The lowest BCUT2D eigenvalue weighted by Gasteiger charge is -2.32. The number of rotatable bonds is 12. The fourth-order valence-corrected chi connectivity index (χ4v) is 3.62. The van der Waals surface area contributed by atoms with E-state index in [2.05, 4.69) is 28.1 Å². The van der Waals surface area contributed by atoms with E-state index in [0.29, 0.717) is 36.9 Å². The number of hydrogen-bond acceptors (Lipinski definition) is 10. The smallest absolute Gasteiger partial charge is 0.326 e. The Morgan fingerprint density at radius 2 is 1.81 bits per heavy atom. The van der Waals surface area contributed by atoms with E-state index in [1.54, 1.807) is 23.1 Å². The van der Waals surface area contributed by atoms with Crippen molar-refractivity contribution in [2.45, 2.75) is 13.0 Å². The minimum Gasteiger partial charge on any atom is -0.492 e. The van der Waals surface area contributed by atoms with Crippen LogP contribution in [0.2, 0.25) is 0 Å². The van der Waals surface area contributed by atoms with Gasteiger partial charge in [-0.1, -0.05) is 25.3 Å². The predicted octanol–water partition coefficient (Wildman–Crippen LogP) is 2.38. The van der Waals surface area contributed by atoms with Gasteiger partial charge in [-0.05, 0) is 18.4 Å². The number of carbonyl (C=O) groups is 1. The summed E-state index contributed by atoms with van der Waals surface area (Å²) < 4.78 is 27.8. The highest BCUT2D eigenvalue weighted by Crippen LogP contribution is 2.27. The zero-order valence-corrected chi connectivity index (χ0v) is 18.7. The van der Waals surface area contributed by atoms with Crippen molar-refractivity contribution in [3.8, 4) is 23.8 Å². The van der Waals surface area contributed by atoms with Crippen molar-refractivity contribution in [2.24, 2.45) is 0 Å². The van der Waals surface area contributed by atoms with Crippen LogP contribution in [0.5, 0.6) is 23.8 Å². The van der Waals surface area contributed by atoms with Crippen molar-refractivity contribution in [1.82, 2.24) is 19.9 Å². The Kier molecular flexibility index (Phi) is 8.81. The first-order chi connectivity index (χ1) is 15.6. The average molecular weight is 463 g/mol.